The Balaban J connectivity index is 3.08. The fraction of sp³-hybridized carbons (Fsp3) is 0.231. The van der Waals surface area contributed by atoms with Gasteiger partial charge in [-0.1, -0.05) is 17.5 Å². The molecule has 0 radical (unpaired) electrons. The smallest absolute Gasteiger partial charge is 0.323 e. The molecule has 0 aliphatic rings. The van der Waals surface area contributed by atoms with Gasteiger partial charge in [-0.2, -0.15) is 0 Å². The second-order valence-corrected chi connectivity index (χ2v) is 4.89. The summed E-state index contributed by atoms with van der Waals surface area (Å²) in [5.74, 6) is 0.656. The molecule has 0 aromatic heterocycles. The van der Waals surface area contributed by atoms with Gasteiger partial charge in [-0.05, 0) is 24.5 Å². The molecule has 0 heterocycles. The van der Waals surface area contributed by atoms with Gasteiger partial charge >= 0.3 is 5.97 Å². The predicted octanol–water partition coefficient (Wildman–Crippen LogP) is 2.22. The van der Waals surface area contributed by atoms with Crippen LogP contribution in [0.3, 0.4) is 0 Å². The Kier molecular flexibility index (Phi) is 5.74. The highest BCUT2D eigenvalue weighted by molar-refractivity contribution is 7.98. The van der Waals surface area contributed by atoms with Crippen molar-refractivity contribution < 1.29 is 14.7 Å². The van der Waals surface area contributed by atoms with E-state index in [0.717, 1.165) is 9.80 Å². The van der Waals surface area contributed by atoms with Crippen LogP contribution in [0.25, 0.3) is 0 Å². The number of terminal acetylenes is 1. The monoisotopic (exact) mass is 297 g/mol. The third-order valence-electron chi connectivity index (χ3n) is 2.30. The van der Waals surface area contributed by atoms with Crippen LogP contribution in [-0.2, 0) is 4.79 Å². The van der Waals surface area contributed by atoms with Gasteiger partial charge in [0.2, 0.25) is 0 Å². The lowest BCUT2D eigenvalue weighted by Gasteiger charge is -2.18. The summed E-state index contributed by atoms with van der Waals surface area (Å²) in [6.45, 7) is -0.534. The molecule has 0 aliphatic heterocycles. The van der Waals surface area contributed by atoms with E-state index in [-0.39, 0.29) is 17.1 Å². The number of halogens is 1. The van der Waals surface area contributed by atoms with Crippen LogP contribution in [0, 0.1) is 12.3 Å². The second kappa shape index (κ2) is 7.07. The van der Waals surface area contributed by atoms with Gasteiger partial charge in [-0.15, -0.1) is 18.2 Å². The topological polar surface area (TPSA) is 57.6 Å². The highest BCUT2D eigenvalue weighted by Gasteiger charge is 2.20. The minimum Gasteiger partial charge on any atom is -0.480 e. The molecule has 0 atom stereocenters. The molecule has 6 heteroatoms. The number of hydrogen-bond donors (Lipinski definition) is 1. The van der Waals surface area contributed by atoms with E-state index in [0.29, 0.717) is 0 Å². The summed E-state index contributed by atoms with van der Waals surface area (Å²) in [6.07, 6.45) is 7.01. The Morgan fingerprint density at radius 1 is 1.53 bits per heavy atom. The first-order valence-electron chi connectivity index (χ1n) is 5.27. The first-order chi connectivity index (χ1) is 8.99. The molecule has 0 saturated heterocycles. The Morgan fingerprint density at radius 2 is 2.21 bits per heavy atom. The van der Waals surface area contributed by atoms with Crippen molar-refractivity contribution in [2.75, 3.05) is 19.3 Å². The molecule has 0 unspecified atom stereocenters. The Labute approximate surface area is 120 Å². The number of carbonyl (C=O) groups is 2. The molecular weight excluding hydrogens is 286 g/mol. The number of carboxylic acid groups (broad SMARTS) is 1. The molecule has 0 bridgehead atoms. The first-order valence-corrected chi connectivity index (χ1v) is 6.88. The Morgan fingerprint density at radius 3 is 2.74 bits per heavy atom. The lowest BCUT2D eigenvalue weighted by molar-refractivity contribution is -0.137. The number of nitrogens with zero attached hydrogens (tertiary/aromatic N) is 1. The van der Waals surface area contributed by atoms with Crippen LogP contribution in [0.15, 0.2) is 23.1 Å². The third kappa shape index (κ3) is 4.19. The maximum Gasteiger partial charge on any atom is 0.323 e. The van der Waals surface area contributed by atoms with Crippen molar-refractivity contribution in [1.29, 1.82) is 0 Å². The van der Waals surface area contributed by atoms with Crippen LogP contribution in [0.4, 0.5) is 0 Å². The molecule has 0 saturated carbocycles. The number of aliphatic carboxylic acids is 1. The van der Waals surface area contributed by atoms with Crippen LogP contribution in [0.5, 0.6) is 0 Å². The van der Waals surface area contributed by atoms with E-state index < -0.39 is 18.4 Å². The van der Waals surface area contributed by atoms with Gasteiger partial charge in [0.05, 0.1) is 17.1 Å². The van der Waals surface area contributed by atoms with E-state index in [1.54, 1.807) is 18.2 Å². The zero-order chi connectivity index (χ0) is 14.4. The molecule has 4 nitrogen and oxygen atoms in total. The number of carboxylic acids is 1. The number of carbonyl (C=O) groups excluding carboxylic acids is 1. The minimum atomic E-state index is -1.12. The molecule has 1 aromatic rings. The summed E-state index contributed by atoms with van der Waals surface area (Å²) in [5, 5.41) is 9.05. The number of hydrogen-bond acceptors (Lipinski definition) is 3. The molecule has 1 rings (SSSR count). The van der Waals surface area contributed by atoms with Crippen molar-refractivity contribution in [2.24, 2.45) is 0 Å². The molecule has 1 aromatic carbocycles. The van der Waals surface area contributed by atoms with E-state index in [1.165, 1.54) is 11.8 Å². The fourth-order valence-corrected chi connectivity index (χ4v) is 2.08. The van der Waals surface area contributed by atoms with Crippen molar-refractivity contribution in [2.45, 2.75) is 4.90 Å². The number of thioether (sulfide) groups is 1. The summed E-state index contributed by atoms with van der Waals surface area (Å²) in [6, 6.07) is 5.02. The van der Waals surface area contributed by atoms with Gasteiger partial charge in [0.1, 0.15) is 6.54 Å². The van der Waals surface area contributed by atoms with Gasteiger partial charge in [-0.3, -0.25) is 9.59 Å². The molecule has 0 fully saturated rings. The summed E-state index contributed by atoms with van der Waals surface area (Å²) in [4.78, 5) is 24.9. The van der Waals surface area contributed by atoms with Gasteiger partial charge < -0.3 is 10.0 Å². The quantitative estimate of drug-likeness (QED) is 0.669. The third-order valence-corrected chi connectivity index (χ3v) is 3.35. The van der Waals surface area contributed by atoms with Crippen LogP contribution in [0.1, 0.15) is 10.4 Å². The zero-order valence-electron chi connectivity index (χ0n) is 10.2. The lowest BCUT2D eigenvalue weighted by Crippen LogP contribution is -2.36. The SMILES string of the molecule is C#CCN(CC(=O)O)C(=O)c1cc(SC)ccc1Cl. The van der Waals surface area contributed by atoms with E-state index in [9.17, 15) is 9.59 Å². The van der Waals surface area contributed by atoms with E-state index in [4.69, 9.17) is 23.1 Å². The van der Waals surface area contributed by atoms with E-state index in [2.05, 4.69) is 5.92 Å². The van der Waals surface area contributed by atoms with E-state index in [1.807, 2.05) is 6.26 Å². The second-order valence-electron chi connectivity index (χ2n) is 3.60. The molecule has 0 spiro atoms. The molecule has 1 amide bonds. The highest BCUT2D eigenvalue weighted by atomic mass is 35.5. The number of rotatable bonds is 5. The van der Waals surface area contributed by atoms with Crippen LogP contribution >= 0.6 is 23.4 Å². The van der Waals surface area contributed by atoms with Crippen LogP contribution < -0.4 is 0 Å². The van der Waals surface area contributed by atoms with Crippen molar-refractivity contribution in [3.63, 3.8) is 0 Å². The predicted molar refractivity (Wildman–Crippen MR) is 75.6 cm³/mol. The average Bonchev–Trinajstić information content (AvgIpc) is 2.37. The van der Waals surface area contributed by atoms with Gasteiger partial charge in [0.25, 0.3) is 5.91 Å². The maximum absolute atomic E-state index is 12.2. The van der Waals surface area contributed by atoms with Crippen molar-refractivity contribution >= 4 is 35.2 Å². The highest BCUT2D eigenvalue weighted by Crippen LogP contribution is 2.24. The van der Waals surface area contributed by atoms with Gasteiger partial charge in [0, 0.05) is 4.90 Å². The standard InChI is InChI=1S/C13H12ClNO3S/c1-3-6-15(8-12(16)17)13(18)10-7-9(19-2)4-5-11(10)14/h1,4-5,7H,6,8H2,2H3,(H,16,17). The summed E-state index contributed by atoms with van der Waals surface area (Å²) < 4.78 is 0. The summed E-state index contributed by atoms with van der Waals surface area (Å²) >= 11 is 7.44. The fourth-order valence-electron chi connectivity index (χ4n) is 1.44. The molecule has 19 heavy (non-hydrogen) atoms. The van der Waals surface area contributed by atoms with Crippen molar-refractivity contribution in [3.8, 4) is 12.3 Å². The molecular formula is C13H12ClNO3S. The largest absolute Gasteiger partial charge is 0.480 e. The summed E-state index contributed by atoms with van der Waals surface area (Å²) in [5.41, 5.74) is 0.255. The first kappa shape index (κ1) is 15.4. The van der Waals surface area contributed by atoms with Gasteiger partial charge in [0.15, 0.2) is 0 Å². The maximum atomic E-state index is 12.2. The molecule has 1 N–H and O–H groups in total. The van der Waals surface area contributed by atoms with Crippen molar-refractivity contribution in [3.05, 3.63) is 28.8 Å². The Bertz CT molecular complexity index is 539. The van der Waals surface area contributed by atoms with E-state index >= 15 is 0 Å². The van der Waals surface area contributed by atoms with Crippen molar-refractivity contribution in [1.82, 2.24) is 4.90 Å². The lowest BCUT2D eigenvalue weighted by atomic mass is 10.2. The van der Waals surface area contributed by atoms with Gasteiger partial charge in [-0.25, -0.2) is 0 Å². The number of amides is 1. The zero-order valence-corrected chi connectivity index (χ0v) is 11.8. The minimum absolute atomic E-state index is 0.0784. The number of benzene rings is 1. The summed E-state index contributed by atoms with van der Waals surface area (Å²) in [7, 11) is 0. The van der Waals surface area contributed by atoms with Crippen LogP contribution in [0.2, 0.25) is 5.02 Å². The van der Waals surface area contributed by atoms with Crippen LogP contribution in [-0.4, -0.2) is 41.2 Å². The average molecular weight is 298 g/mol. The Hall–Kier alpha value is -1.64. The molecule has 0 aliphatic carbocycles. The molecule has 100 valence electrons. The normalized spacial score (nSPS) is 9.74.